The minimum atomic E-state index is -0.778. The number of carbonyl (C=O) groups excluding carboxylic acids is 4. The molecule has 14 heteroatoms. The molecule has 3 aromatic rings. The average molecular weight is 675 g/mol. The van der Waals surface area contributed by atoms with Gasteiger partial charge in [0.15, 0.2) is 0 Å². The fourth-order valence-corrected chi connectivity index (χ4v) is 6.36. The van der Waals surface area contributed by atoms with Crippen molar-refractivity contribution in [3.8, 4) is 11.4 Å². The molecule has 260 valence electrons. The Labute approximate surface area is 284 Å². The van der Waals surface area contributed by atoms with E-state index in [0.29, 0.717) is 18.7 Å². The predicted octanol–water partition coefficient (Wildman–Crippen LogP) is 6.29. The Kier molecular flexibility index (Phi) is 11.4. The molecule has 0 aliphatic heterocycles. The lowest BCUT2D eigenvalue weighted by atomic mass is 9.82. The number of amides is 4. The van der Waals surface area contributed by atoms with Gasteiger partial charge < -0.3 is 23.9 Å². The lowest BCUT2D eigenvalue weighted by Gasteiger charge is -2.34. The van der Waals surface area contributed by atoms with Crippen LogP contribution in [0, 0.1) is 0 Å². The molecule has 1 aromatic heterocycles. The highest BCUT2D eigenvalue weighted by atomic mass is 16.6. The van der Waals surface area contributed by atoms with Gasteiger partial charge in [0.05, 0.1) is 49.5 Å². The van der Waals surface area contributed by atoms with Gasteiger partial charge in [-0.15, -0.1) is 0 Å². The van der Waals surface area contributed by atoms with Crippen LogP contribution in [0.25, 0.3) is 22.4 Å². The molecular weight excluding hydrogens is 632 g/mol. The molecule has 0 saturated heterocycles. The summed E-state index contributed by atoms with van der Waals surface area (Å²) in [5.74, 6) is -0.263. The van der Waals surface area contributed by atoms with Gasteiger partial charge in [0, 0.05) is 17.4 Å². The number of aromatic amines is 1. The molecule has 0 fully saturated rings. The smallest absolute Gasteiger partial charge is 0.429 e. The number of nitrogens with one attached hydrogen (secondary N) is 3. The zero-order valence-corrected chi connectivity index (χ0v) is 28.0. The van der Waals surface area contributed by atoms with Crippen molar-refractivity contribution >= 4 is 35.4 Å². The van der Waals surface area contributed by atoms with Crippen molar-refractivity contribution in [2.24, 2.45) is 0 Å². The third-order valence-corrected chi connectivity index (χ3v) is 8.31. The maximum atomic E-state index is 13.2. The Morgan fingerprint density at radius 2 is 1.20 bits per heavy atom. The lowest BCUT2D eigenvalue weighted by molar-refractivity contribution is 0.0538. The largest absolute Gasteiger partial charge is 0.449 e. The Morgan fingerprint density at radius 1 is 0.714 bits per heavy atom. The molecule has 1 heterocycles. The summed E-state index contributed by atoms with van der Waals surface area (Å²) in [5, 5.41) is 2.37. The van der Waals surface area contributed by atoms with Crippen LogP contribution in [0.5, 0.6) is 0 Å². The topological polar surface area (TPSA) is 164 Å². The Balaban J connectivity index is 1.64. The number of imidazole rings is 1. The van der Waals surface area contributed by atoms with Crippen molar-refractivity contribution in [2.45, 2.75) is 64.5 Å². The number of para-hydroxylation sites is 2. The number of hydrogen-bond acceptors (Lipinski definition) is 9. The number of H-pyrrole nitrogens is 1. The molecule has 2 aliphatic rings. The first-order valence-electron chi connectivity index (χ1n) is 16.5. The second-order valence-electron chi connectivity index (χ2n) is 11.2. The van der Waals surface area contributed by atoms with E-state index in [2.05, 4.69) is 15.8 Å². The third kappa shape index (κ3) is 7.63. The zero-order valence-electron chi connectivity index (χ0n) is 28.0. The molecule has 4 amide bonds. The summed E-state index contributed by atoms with van der Waals surface area (Å²) >= 11 is 0. The molecular formula is C35H42N6O8. The van der Waals surface area contributed by atoms with Gasteiger partial charge in [-0.3, -0.25) is 0 Å². The molecule has 2 aliphatic carbocycles. The van der Waals surface area contributed by atoms with Gasteiger partial charge in [0.25, 0.3) is 0 Å². The van der Waals surface area contributed by atoms with Gasteiger partial charge in [-0.2, -0.15) is 0 Å². The van der Waals surface area contributed by atoms with Crippen LogP contribution < -0.4 is 10.9 Å². The van der Waals surface area contributed by atoms with E-state index < -0.39 is 48.3 Å². The Hall–Kier alpha value is -5.53. The van der Waals surface area contributed by atoms with Crippen LogP contribution in [0.4, 0.5) is 19.2 Å². The number of aromatic nitrogens is 2. The van der Waals surface area contributed by atoms with E-state index in [1.165, 1.54) is 10.0 Å². The second kappa shape index (κ2) is 16.0. The first-order chi connectivity index (χ1) is 23.8. The van der Waals surface area contributed by atoms with E-state index in [4.69, 9.17) is 23.9 Å². The normalized spacial score (nSPS) is 19.3. The van der Waals surface area contributed by atoms with Gasteiger partial charge in [0.2, 0.25) is 0 Å². The number of benzene rings is 2. The molecule has 2 aromatic carbocycles. The molecule has 0 unspecified atom stereocenters. The minimum Gasteiger partial charge on any atom is -0.449 e. The first kappa shape index (κ1) is 34.8. The molecule has 3 N–H and O–H groups in total. The molecule has 5 rings (SSSR count). The van der Waals surface area contributed by atoms with Gasteiger partial charge in [0.1, 0.15) is 5.82 Å². The number of hydrazine groups is 2. The molecule has 4 atom stereocenters. The van der Waals surface area contributed by atoms with Crippen LogP contribution in [-0.4, -0.2) is 82.9 Å². The van der Waals surface area contributed by atoms with Crippen molar-refractivity contribution < 1.29 is 38.1 Å². The van der Waals surface area contributed by atoms with Crippen LogP contribution in [-0.2, 0) is 18.9 Å². The maximum Gasteiger partial charge on any atom is 0.429 e. The second-order valence-corrected chi connectivity index (χ2v) is 11.2. The summed E-state index contributed by atoms with van der Waals surface area (Å²) in [5.41, 5.74) is 9.12. The summed E-state index contributed by atoms with van der Waals surface area (Å²) in [7, 11) is 0. The highest BCUT2D eigenvalue weighted by molar-refractivity contribution is 5.82. The number of carbonyl (C=O) groups is 4. The molecule has 0 saturated carbocycles. The highest BCUT2D eigenvalue weighted by Gasteiger charge is 2.40. The van der Waals surface area contributed by atoms with E-state index in [9.17, 15) is 19.2 Å². The third-order valence-electron chi connectivity index (χ3n) is 8.31. The van der Waals surface area contributed by atoms with Crippen LogP contribution in [0.15, 0.2) is 66.8 Å². The van der Waals surface area contributed by atoms with Gasteiger partial charge >= 0.3 is 24.4 Å². The molecule has 0 spiro atoms. The average Bonchev–Trinajstić information content (AvgIpc) is 3.86. The minimum absolute atomic E-state index is 0.108. The monoisotopic (exact) mass is 674 g/mol. The standard InChI is InChI=1S/C35H42N6O8/c1-5-46-32(42)38-40(34(44)48-7-3)28-20-12-14-22(28)24-16-11-17-25(30(24)31-36-26-18-9-10-19-27(26)37-31)23-15-13-21-29(23)41(35(45)49-8-4)39-33(43)47-6-2/h9-19,22-23,28-29H,5-8,20-21H2,1-4H3,(H,36,37)(H,38,42)(H,39,43)/t22-,23+,28+,29-. The molecule has 14 nitrogen and oxygen atoms in total. The van der Waals surface area contributed by atoms with Crippen LogP contribution >= 0.6 is 0 Å². The van der Waals surface area contributed by atoms with Gasteiger partial charge in [-0.05, 0) is 63.8 Å². The maximum absolute atomic E-state index is 13.2. The number of nitrogens with zero attached hydrogens (tertiary/aromatic N) is 3. The summed E-state index contributed by atoms with van der Waals surface area (Å²) < 4.78 is 20.9. The summed E-state index contributed by atoms with van der Waals surface area (Å²) in [4.78, 5) is 60.1. The van der Waals surface area contributed by atoms with Crippen molar-refractivity contribution in [1.82, 2.24) is 30.8 Å². The van der Waals surface area contributed by atoms with Crippen LogP contribution in [0.1, 0.15) is 63.5 Å². The lowest BCUT2D eigenvalue weighted by Crippen LogP contribution is -2.53. The summed E-state index contributed by atoms with van der Waals surface area (Å²) in [6, 6.07) is 12.3. The van der Waals surface area contributed by atoms with E-state index in [0.717, 1.165) is 27.7 Å². The van der Waals surface area contributed by atoms with E-state index in [1.54, 1.807) is 27.7 Å². The van der Waals surface area contributed by atoms with E-state index >= 15 is 0 Å². The fraction of sp³-hybridized carbons (Fsp3) is 0.400. The van der Waals surface area contributed by atoms with Crippen molar-refractivity contribution in [3.63, 3.8) is 0 Å². The highest BCUT2D eigenvalue weighted by Crippen LogP contribution is 2.44. The van der Waals surface area contributed by atoms with Crippen molar-refractivity contribution in [3.05, 3.63) is 77.9 Å². The summed E-state index contributed by atoms with van der Waals surface area (Å²) in [6.07, 6.45) is 5.74. The number of fused-ring (bicyclic) bond motifs is 1. The Bertz CT molecular complexity index is 1600. The van der Waals surface area contributed by atoms with Crippen LogP contribution in [0.3, 0.4) is 0 Å². The van der Waals surface area contributed by atoms with Gasteiger partial charge in [-0.25, -0.2) is 45.0 Å². The zero-order chi connectivity index (χ0) is 34.9. The number of rotatable bonds is 9. The molecule has 0 radical (unpaired) electrons. The molecule has 49 heavy (non-hydrogen) atoms. The van der Waals surface area contributed by atoms with Crippen molar-refractivity contribution in [2.75, 3.05) is 26.4 Å². The predicted molar refractivity (Wildman–Crippen MR) is 180 cm³/mol. The SMILES string of the molecule is CCOC(=O)NN(C(=O)OCC)[C@@H]1CC=C[C@H]1c1cccc([C@H]2C=CC[C@@H]2N(NC(=O)OCC)C(=O)OCC)c1-c1nc2ccccc2[nH]1. The number of ether oxygens (including phenoxy) is 4. The fourth-order valence-electron chi connectivity index (χ4n) is 6.36. The van der Waals surface area contributed by atoms with Crippen LogP contribution in [0.2, 0.25) is 0 Å². The quantitative estimate of drug-likeness (QED) is 0.134. The Morgan fingerprint density at radius 3 is 1.67 bits per heavy atom. The van der Waals surface area contributed by atoms with Gasteiger partial charge in [-0.1, -0.05) is 54.6 Å². The summed E-state index contributed by atoms with van der Waals surface area (Å²) in [6.45, 7) is 7.19. The first-order valence-corrected chi connectivity index (χ1v) is 16.5. The van der Waals surface area contributed by atoms with E-state index in [1.807, 2.05) is 66.8 Å². The van der Waals surface area contributed by atoms with Crippen molar-refractivity contribution in [1.29, 1.82) is 0 Å². The molecule has 0 bridgehead atoms. The number of hydrogen-bond donors (Lipinski definition) is 3. The van der Waals surface area contributed by atoms with E-state index in [-0.39, 0.29) is 26.4 Å².